The Morgan fingerprint density at radius 2 is 1.88 bits per heavy atom. The zero-order chi connectivity index (χ0) is 12.7. The van der Waals surface area contributed by atoms with E-state index in [1.807, 2.05) is 0 Å². The van der Waals surface area contributed by atoms with E-state index in [-0.39, 0.29) is 0 Å². The Bertz CT molecular complexity index is 352. The molecule has 0 bridgehead atoms. The summed E-state index contributed by atoms with van der Waals surface area (Å²) in [6.45, 7) is 6.83. The quantitative estimate of drug-likeness (QED) is 0.518. The van der Waals surface area contributed by atoms with Crippen molar-refractivity contribution in [2.45, 2.75) is 40.0 Å². The molecule has 0 N–H and O–H groups in total. The minimum absolute atomic E-state index is 0.679. The smallest absolute Gasteiger partial charge is 0.0259 e. The highest BCUT2D eigenvalue weighted by Gasteiger charge is 2.01. The van der Waals surface area contributed by atoms with Gasteiger partial charge in [0.25, 0.3) is 0 Å². The van der Waals surface area contributed by atoms with E-state index in [4.69, 9.17) is 0 Å². The molecule has 0 nitrogen and oxygen atoms in total. The first-order valence-corrected chi connectivity index (χ1v) is 7.17. The Morgan fingerprint density at radius 3 is 2.53 bits per heavy atom. The molecule has 0 radical (unpaired) electrons. The van der Waals surface area contributed by atoms with Crippen LogP contribution < -0.4 is 5.30 Å². The van der Waals surface area contributed by atoms with Crippen molar-refractivity contribution in [1.82, 2.24) is 0 Å². The second-order valence-corrected chi connectivity index (χ2v) is 5.89. The van der Waals surface area contributed by atoms with Gasteiger partial charge in [-0.2, -0.15) is 0 Å². The first-order valence-electron chi connectivity index (χ1n) is 6.59. The van der Waals surface area contributed by atoms with Crippen LogP contribution in [0.25, 0.3) is 0 Å². The van der Waals surface area contributed by atoms with E-state index in [0.29, 0.717) is 5.92 Å². The Labute approximate surface area is 109 Å². The lowest BCUT2D eigenvalue weighted by atomic mass is 9.99. The highest BCUT2D eigenvalue weighted by Crippen LogP contribution is 2.12. The lowest BCUT2D eigenvalue weighted by molar-refractivity contribution is 0.630. The van der Waals surface area contributed by atoms with Crippen LogP contribution in [0.5, 0.6) is 0 Å². The molecule has 0 spiro atoms. The predicted octanol–water partition coefficient (Wildman–Crippen LogP) is 4.36. The molecule has 0 saturated heterocycles. The van der Waals surface area contributed by atoms with Crippen molar-refractivity contribution in [3.8, 4) is 0 Å². The van der Waals surface area contributed by atoms with Crippen molar-refractivity contribution in [3.63, 3.8) is 0 Å². The van der Waals surface area contributed by atoms with E-state index in [1.165, 1.54) is 30.1 Å². The van der Waals surface area contributed by atoms with E-state index in [2.05, 4.69) is 66.4 Å². The third-order valence-electron chi connectivity index (χ3n) is 3.00. The number of hydrogen-bond acceptors (Lipinski definition) is 0. The van der Waals surface area contributed by atoms with Crippen LogP contribution in [-0.4, -0.2) is 0 Å². The van der Waals surface area contributed by atoms with Gasteiger partial charge in [0.05, 0.1) is 0 Å². The predicted molar refractivity (Wildman–Crippen MR) is 81.9 cm³/mol. The summed E-state index contributed by atoms with van der Waals surface area (Å²) in [6.07, 6.45) is 8.31. The maximum atomic E-state index is 2.82. The molecule has 0 aliphatic heterocycles. The van der Waals surface area contributed by atoms with Crippen LogP contribution in [-0.2, 0) is 6.42 Å². The van der Waals surface area contributed by atoms with Crippen LogP contribution in [0.1, 0.15) is 39.2 Å². The van der Waals surface area contributed by atoms with Gasteiger partial charge >= 0.3 is 0 Å². The fourth-order valence-corrected chi connectivity index (χ4v) is 2.18. The topological polar surface area (TPSA) is 0 Å². The Morgan fingerprint density at radius 1 is 1.18 bits per heavy atom. The van der Waals surface area contributed by atoms with Crippen molar-refractivity contribution < 1.29 is 0 Å². The third-order valence-corrected chi connectivity index (χ3v) is 3.56. The molecule has 0 fully saturated rings. The molecule has 1 rings (SSSR count). The van der Waals surface area contributed by atoms with Gasteiger partial charge in [-0.3, -0.25) is 0 Å². The minimum atomic E-state index is 0.679. The Balaban J connectivity index is 2.36. The molecule has 17 heavy (non-hydrogen) atoms. The third kappa shape index (κ3) is 6.03. The fourth-order valence-electron chi connectivity index (χ4n) is 1.82. The van der Waals surface area contributed by atoms with Crippen LogP contribution in [0.2, 0.25) is 0 Å². The number of aryl methyl sites for hydroxylation is 1. The Hall–Kier alpha value is -0.610. The summed E-state index contributed by atoms with van der Waals surface area (Å²) in [5, 5.41) is 1.34. The van der Waals surface area contributed by atoms with Gasteiger partial charge in [0.2, 0.25) is 0 Å². The molecule has 94 valence electrons. The van der Waals surface area contributed by atoms with Crippen molar-refractivity contribution in [2.75, 3.05) is 0 Å². The van der Waals surface area contributed by atoms with Gasteiger partial charge in [0.15, 0.2) is 0 Å². The van der Waals surface area contributed by atoms with E-state index < -0.39 is 0 Å². The summed E-state index contributed by atoms with van der Waals surface area (Å²) in [5.74, 6) is 1.45. The van der Waals surface area contributed by atoms with E-state index in [1.54, 1.807) is 0 Å². The van der Waals surface area contributed by atoms with E-state index in [9.17, 15) is 0 Å². The van der Waals surface area contributed by atoms with Gasteiger partial charge in [0, 0.05) is 0 Å². The molecule has 0 aliphatic rings. The molecular weight excluding hydrogens is 223 g/mol. The average molecular weight is 248 g/mol. The molecular formula is C16H25P. The molecule has 0 heterocycles. The van der Waals surface area contributed by atoms with Crippen molar-refractivity contribution in [3.05, 3.63) is 42.0 Å². The van der Waals surface area contributed by atoms with Crippen LogP contribution in [0, 0.1) is 11.8 Å². The number of hydrogen-bond donors (Lipinski definition) is 0. The molecule has 0 aliphatic carbocycles. The zero-order valence-corrected chi connectivity index (χ0v) is 12.5. The lowest BCUT2D eigenvalue weighted by Gasteiger charge is -2.08. The molecule has 1 heteroatoms. The maximum Gasteiger partial charge on any atom is -0.0259 e. The van der Waals surface area contributed by atoms with E-state index >= 15 is 0 Å². The highest BCUT2D eigenvalue weighted by molar-refractivity contribution is 7.27. The highest BCUT2D eigenvalue weighted by atomic mass is 31.0. The average Bonchev–Trinajstić information content (AvgIpc) is 2.27. The summed E-state index contributed by atoms with van der Waals surface area (Å²) in [6, 6.07) is 8.62. The maximum absolute atomic E-state index is 2.82. The molecule has 0 saturated carbocycles. The van der Waals surface area contributed by atoms with Gasteiger partial charge < -0.3 is 0 Å². The SMILES string of the molecule is CC(C)CC=CC(C)CCc1ccccc1P. The fraction of sp³-hybridized carbons (Fsp3) is 0.500. The molecule has 1 aromatic rings. The van der Waals surface area contributed by atoms with Gasteiger partial charge in [-0.1, -0.05) is 57.2 Å². The van der Waals surface area contributed by atoms with Crippen molar-refractivity contribution in [2.24, 2.45) is 11.8 Å². The summed E-state index contributed by atoms with van der Waals surface area (Å²) >= 11 is 0. The van der Waals surface area contributed by atoms with Crippen molar-refractivity contribution >= 4 is 14.5 Å². The number of benzene rings is 1. The number of allylic oxidation sites excluding steroid dienone is 2. The molecule has 2 unspecified atom stereocenters. The largest absolute Gasteiger partial charge is 0.105 e. The summed E-state index contributed by atoms with van der Waals surface area (Å²) < 4.78 is 0. The van der Waals surface area contributed by atoms with Crippen LogP contribution in [0.3, 0.4) is 0 Å². The Kier molecular flexibility index (Phi) is 6.52. The van der Waals surface area contributed by atoms with Crippen LogP contribution in [0.4, 0.5) is 0 Å². The van der Waals surface area contributed by atoms with Crippen molar-refractivity contribution in [1.29, 1.82) is 0 Å². The van der Waals surface area contributed by atoms with Gasteiger partial charge in [-0.05, 0) is 42.0 Å². The van der Waals surface area contributed by atoms with E-state index in [0.717, 1.165) is 5.92 Å². The van der Waals surface area contributed by atoms with Crippen LogP contribution >= 0.6 is 9.24 Å². The monoisotopic (exact) mass is 248 g/mol. The standard InChI is InChI=1S/C16H25P/c1-13(2)7-6-8-14(3)11-12-15-9-4-5-10-16(15)17/h4-6,8-10,13-14H,7,11-12,17H2,1-3H3. The zero-order valence-electron chi connectivity index (χ0n) is 11.3. The first-order chi connectivity index (χ1) is 8.09. The lowest BCUT2D eigenvalue weighted by Crippen LogP contribution is -2.03. The first kappa shape index (κ1) is 14.5. The summed E-state index contributed by atoms with van der Waals surface area (Å²) in [5.41, 5.74) is 1.46. The minimum Gasteiger partial charge on any atom is -0.105 e. The molecule has 0 amide bonds. The van der Waals surface area contributed by atoms with Gasteiger partial charge in [-0.25, -0.2) is 0 Å². The summed E-state index contributed by atoms with van der Waals surface area (Å²) in [7, 11) is 2.82. The second-order valence-electron chi connectivity index (χ2n) is 5.27. The molecule has 2 atom stereocenters. The van der Waals surface area contributed by atoms with Gasteiger partial charge in [0.1, 0.15) is 0 Å². The second kappa shape index (κ2) is 7.67. The summed E-state index contributed by atoms with van der Waals surface area (Å²) in [4.78, 5) is 0. The number of rotatable bonds is 6. The normalized spacial score (nSPS) is 13.5. The van der Waals surface area contributed by atoms with Gasteiger partial charge in [-0.15, -0.1) is 9.24 Å². The molecule has 1 aromatic carbocycles. The molecule has 0 aromatic heterocycles. The van der Waals surface area contributed by atoms with Crippen LogP contribution in [0.15, 0.2) is 36.4 Å².